The molecular formula is C18H18N2O3. The smallest absolute Gasteiger partial charge is 0.339 e. The topological polar surface area (TPSA) is 68.3 Å². The average molecular weight is 310 g/mol. The number of nitrogens with one attached hydrogen (secondary N) is 1. The highest BCUT2D eigenvalue weighted by molar-refractivity contribution is 5.94. The molecule has 1 aliphatic carbocycles. The standard InChI is InChI=1S/C18H18N2O3/c1-23-17(22)13-7-8-15(19-11-13)16(21)20-12-18(9-10-18)14-5-3-2-4-6-14/h2-8,11H,9-10,12H2,1H3,(H,20,21). The van der Waals surface area contributed by atoms with Crippen molar-refractivity contribution in [1.82, 2.24) is 10.3 Å². The summed E-state index contributed by atoms with van der Waals surface area (Å²) in [5.41, 5.74) is 1.94. The molecule has 1 heterocycles. The van der Waals surface area contributed by atoms with Gasteiger partial charge in [-0.05, 0) is 30.5 Å². The summed E-state index contributed by atoms with van der Waals surface area (Å²) in [6.07, 6.45) is 3.50. The Hall–Kier alpha value is -2.69. The summed E-state index contributed by atoms with van der Waals surface area (Å²) in [5.74, 6) is -0.700. The maximum Gasteiger partial charge on any atom is 0.339 e. The Kier molecular flexibility index (Phi) is 4.10. The summed E-state index contributed by atoms with van der Waals surface area (Å²) in [4.78, 5) is 27.6. The minimum Gasteiger partial charge on any atom is -0.465 e. The van der Waals surface area contributed by atoms with E-state index in [4.69, 9.17) is 0 Å². The number of esters is 1. The number of methoxy groups -OCH3 is 1. The number of benzene rings is 1. The van der Waals surface area contributed by atoms with E-state index in [0.29, 0.717) is 17.8 Å². The number of rotatable bonds is 5. The van der Waals surface area contributed by atoms with Crippen LogP contribution in [0, 0.1) is 0 Å². The van der Waals surface area contributed by atoms with E-state index in [1.807, 2.05) is 18.2 Å². The van der Waals surface area contributed by atoms with Gasteiger partial charge in [-0.3, -0.25) is 9.78 Å². The number of carbonyl (C=O) groups is 2. The van der Waals surface area contributed by atoms with Crippen LogP contribution in [0.4, 0.5) is 0 Å². The van der Waals surface area contributed by atoms with Gasteiger partial charge in [0, 0.05) is 18.2 Å². The molecule has 1 aromatic carbocycles. The fraction of sp³-hybridized carbons (Fsp3) is 0.278. The molecule has 1 aliphatic rings. The average Bonchev–Trinajstić information content (AvgIpc) is 3.41. The third-order valence-electron chi connectivity index (χ3n) is 4.24. The van der Waals surface area contributed by atoms with Crippen LogP contribution in [0.5, 0.6) is 0 Å². The predicted octanol–water partition coefficient (Wildman–Crippen LogP) is 2.33. The summed E-state index contributed by atoms with van der Waals surface area (Å²) < 4.78 is 4.61. The van der Waals surface area contributed by atoms with Crippen LogP contribution in [0.3, 0.4) is 0 Å². The highest BCUT2D eigenvalue weighted by Crippen LogP contribution is 2.47. The van der Waals surface area contributed by atoms with Gasteiger partial charge in [0.05, 0.1) is 12.7 Å². The van der Waals surface area contributed by atoms with Gasteiger partial charge in [0.25, 0.3) is 5.91 Å². The zero-order valence-electron chi connectivity index (χ0n) is 12.9. The SMILES string of the molecule is COC(=O)c1ccc(C(=O)NCC2(c3ccccc3)CC2)nc1. The van der Waals surface area contributed by atoms with Crippen LogP contribution >= 0.6 is 0 Å². The van der Waals surface area contributed by atoms with Gasteiger partial charge in [0.15, 0.2) is 0 Å². The normalized spacial score (nSPS) is 14.8. The van der Waals surface area contributed by atoms with Gasteiger partial charge >= 0.3 is 5.97 Å². The first-order chi connectivity index (χ1) is 11.1. The van der Waals surface area contributed by atoms with Crippen LogP contribution in [0.2, 0.25) is 0 Å². The zero-order valence-corrected chi connectivity index (χ0v) is 12.9. The second kappa shape index (κ2) is 6.20. The Morgan fingerprint density at radius 1 is 1.17 bits per heavy atom. The molecule has 0 radical (unpaired) electrons. The third kappa shape index (κ3) is 3.23. The highest BCUT2D eigenvalue weighted by atomic mass is 16.5. The maximum absolute atomic E-state index is 12.2. The van der Waals surface area contributed by atoms with Crippen LogP contribution in [0.1, 0.15) is 39.3 Å². The molecule has 0 atom stereocenters. The molecule has 23 heavy (non-hydrogen) atoms. The number of amides is 1. The van der Waals surface area contributed by atoms with Crippen molar-refractivity contribution >= 4 is 11.9 Å². The van der Waals surface area contributed by atoms with Crippen molar-refractivity contribution in [3.05, 3.63) is 65.5 Å². The lowest BCUT2D eigenvalue weighted by Gasteiger charge is -2.16. The van der Waals surface area contributed by atoms with Crippen LogP contribution in [-0.2, 0) is 10.2 Å². The molecule has 0 saturated heterocycles. The molecule has 1 aromatic heterocycles. The number of pyridine rings is 1. The van der Waals surface area contributed by atoms with Gasteiger partial charge in [-0.1, -0.05) is 30.3 Å². The van der Waals surface area contributed by atoms with E-state index >= 15 is 0 Å². The molecule has 0 unspecified atom stereocenters. The van der Waals surface area contributed by atoms with E-state index < -0.39 is 5.97 Å². The van der Waals surface area contributed by atoms with Crippen molar-refractivity contribution in [2.24, 2.45) is 0 Å². The molecule has 5 nitrogen and oxygen atoms in total. The zero-order chi connectivity index (χ0) is 16.3. The van der Waals surface area contributed by atoms with E-state index in [0.717, 1.165) is 12.8 Å². The predicted molar refractivity (Wildman–Crippen MR) is 85.3 cm³/mol. The van der Waals surface area contributed by atoms with Crippen LogP contribution in [0.25, 0.3) is 0 Å². The first-order valence-electron chi connectivity index (χ1n) is 7.53. The minimum atomic E-state index is -0.467. The summed E-state index contributed by atoms with van der Waals surface area (Å²) in [5, 5.41) is 2.95. The summed E-state index contributed by atoms with van der Waals surface area (Å²) in [6.45, 7) is 0.594. The fourth-order valence-corrected chi connectivity index (χ4v) is 2.62. The molecule has 118 valence electrons. The quantitative estimate of drug-likeness (QED) is 0.861. The lowest BCUT2D eigenvalue weighted by molar-refractivity contribution is 0.0599. The molecule has 1 saturated carbocycles. The van der Waals surface area contributed by atoms with E-state index in [9.17, 15) is 9.59 Å². The van der Waals surface area contributed by atoms with Gasteiger partial charge in [0.2, 0.25) is 0 Å². The largest absolute Gasteiger partial charge is 0.465 e. The second-order valence-corrected chi connectivity index (χ2v) is 5.75. The lowest BCUT2D eigenvalue weighted by Crippen LogP contribution is -2.32. The van der Waals surface area contributed by atoms with Crippen molar-refractivity contribution in [3.63, 3.8) is 0 Å². The molecule has 3 rings (SSSR count). The summed E-state index contributed by atoms with van der Waals surface area (Å²) in [7, 11) is 1.31. The second-order valence-electron chi connectivity index (χ2n) is 5.75. The van der Waals surface area contributed by atoms with Crippen molar-refractivity contribution in [2.75, 3.05) is 13.7 Å². The molecular weight excluding hydrogens is 292 g/mol. The van der Waals surface area contributed by atoms with Crippen LogP contribution in [0.15, 0.2) is 48.7 Å². The van der Waals surface area contributed by atoms with Crippen molar-refractivity contribution in [3.8, 4) is 0 Å². The maximum atomic E-state index is 12.2. The molecule has 0 spiro atoms. The molecule has 1 N–H and O–H groups in total. The highest BCUT2D eigenvalue weighted by Gasteiger charge is 2.44. The Bertz CT molecular complexity index is 707. The van der Waals surface area contributed by atoms with E-state index in [2.05, 4.69) is 27.2 Å². The van der Waals surface area contributed by atoms with E-state index in [1.165, 1.54) is 31.0 Å². The van der Waals surface area contributed by atoms with Crippen LogP contribution < -0.4 is 5.32 Å². The van der Waals surface area contributed by atoms with Crippen molar-refractivity contribution in [1.29, 1.82) is 0 Å². The van der Waals surface area contributed by atoms with Gasteiger partial charge in [-0.15, -0.1) is 0 Å². The Morgan fingerprint density at radius 3 is 2.48 bits per heavy atom. The fourth-order valence-electron chi connectivity index (χ4n) is 2.62. The molecule has 0 bridgehead atoms. The molecule has 1 amide bonds. The van der Waals surface area contributed by atoms with Crippen molar-refractivity contribution < 1.29 is 14.3 Å². The van der Waals surface area contributed by atoms with Crippen molar-refractivity contribution in [2.45, 2.75) is 18.3 Å². The molecule has 1 fully saturated rings. The molecule has 5 heteroatoms. The minimum absolute atomic E-state index is 0.0584. The number of carbonyl (C=O) groups excluding carboxylic acids is 2. The Balaban J connectivity index is 1.63. The first kappa shape index (κ1) is 15.2. The summed E-state index contributed by atoms with van der Waals surface area (Å²) >= 11 is 0. The summed E-state index contributed by atoms with van der Waals surface area (Å²) in [6, 6.07) is 13.3. The van der Waals surface area contributed by atoms with Gasteiger partial charge in [0.1, 0.15) is 5.69 Å². The molecule has 0 aliphatic heterocycles. The van der Waals surface area contributed by atoms with Gasteiger partial charge < -0.3 is 10.1 Å². The van der Waals surface area contributed by atoms with E-state index in [1.54, 1.807) is 0 Å². The monoisotopic (exact) mass is 310 g/mol. The number of nitrogens with zero attached hydrogens (tertiary/aromatic N) is 1. The number of ether oxygens (including phenoxy) is 1. The van der Waals surface area contributed by atoms with Gasteiger partial charge in [-0.25, -0.2) is 4.79 Å². The lowest BCUT2D eigenvalue weighted by atomic mass is 9.96. The molecule has 2 aromatic rings. The first-order valence-corrected chi connectivity index (χ1v) is 7.53. The Morgan fingerprint density at radius 2 is 1.91 bits per heavy atom. The Labute approximate surface area is 134 Å². The number of hydrogen-bond donors (Lipinski definition) is 1. The van der Waals surface area contributed by atoms with E-state index in [-0.39, 0.29) is 11.3 Å². The number of hydrogen-bond acceptors (Lipinski definition) is 4. The van der Waals surface area contributed by atoms with Gasteiger partial charge in [-0.2, -0.15) is 0 Å². The van der Waals surface area contributed by atoms with Crippen LogP contribution in [-0.4, -0.2) is 30.5 Å². The third-order valence-corrected chi connectivity index (χ3v) is 4.24. The number of aromatic nitrogens is 1.